The lowest BCUT2D eigenvalue weighted by Gasteiger charge is -2.34. The summed E-state index contributed by atoms with van der Waals surface area (Å²) in [5.74, 6) is -0.308. The molecule has 4 nitrogen and oxygen atoms in total. The highest BCUT2D eigenvalue weighted by Gasteiger charge is 2.27. The predicted molar refractivity (Wildman–Crippen MR) is 100 cm³/mol. The maximum atomic E-state index is 13.1. The number of aromatic nitrogens is 1. The van der Waals surface area contributed by atoms with Crippen LogP contribution in [0.2, 0.25) is 5.15 Å². The Morgan fingerprint density at radius 2 is 2.04 bits per heavy atom. The molecule has 0 unspecified atom stereocenters. The molecule has 1 fully saturated rings. The Bertz CT molecular complexity index is 825. The van der Waals surface area contributed by atoms with E-state index in [0.29, 0.717) is 23.8 Å². The Morgan fingerprint density at radius 1 is 1.23 bits per heavy atom. The SMILES string of the molecule is O=C(c1cc2c(nc1Cl)CCC2)N1CCC[C@@H](Nc2ccc(F)cc2)C1. The fraction of sp³-hybridized carbons (Fsp3) is 0.400. The first-order chi connectivity index (χ1) is 12.6. The van der Waals surface area contributed by atoms with Crippen molar-refractivity contribution in [2.45, 2.75) is 38.1 Å². The van der Waals surface area contributed by atoms with E-state index in [9.17, 15) is 9.18 Å². The number of carbonyl (C=O) groups is 1. The van der Waals surface area contributed by atoms with Gasteiger partial charge in [-0.25, -0.2) is 9.37 Å². The first kappa shape index (κ1) is 17.3. The molecule has 1 amide bonds. The van der Waals surface area contributed by atoms with Crippen molar-refractivity contribution in [3.63, 3.8) is 0 Å². The van der Waals surface area contributed by atoms with Crippen molar-refractivity contribution < 1.29 is 9.18 Å². The Hall–Kier alpha value is -2.14. The summed E-state index contributed by atoms with van der Waals surface area (Å²) in [6, 6.07) is 8.37. The van der Waals surface area contributed by atoms with Gasteiger partial charge in [-0.1, -0.05) is 11.6 Å². The second-order valence-electron chi connectivity index (χ2n) is 7.03. The number of aryl methyl sites for hydroxylation is 2. The Balaban J connectivity index is 1.47. The zero-order valence-electron chi connectivity index (χ0n) is 14.5. The lowest BCUT2D eigenvalue weighted by atomic mass is 10.0. The molecule has 1 aromatic carbocycles. The molecule has 1 aliphatic heterocycles. The number of nitrogens with one attached hydrogen (secondary N) is 1. The largest absolute Gasteiger partial charge is 0.381 e. The second kappa shape index (κ2) is 7.23. The summed E-state index contributed by atoms with van der Waals surface area (Å²) in [4.78, 5) is 19.3. The Morgan fingerprint density at radius 3 is 2.85 bits per heavy atom. The van der Waals surface area contributed by atoms with E-state index in [2.05, 4.69) is 10.3 Å². The van der Waals surface area contributed by atoms with Gasteiger partial charge < -0.3 is 10.2 Å². The third-order valence-electron chi connectivity index (χ3n) is 5.16. The summed E-state index contributed by atoms with van der Waals surface area (Å²) in [6.45, 7) is 1.32. The molecule has 136 valence electrons. The maximum absolute atomic E-state index is 13.1. The number of halogens is 2. The summed E-state index contributed by atoms with van der Waals surface area (Å²) < 4.78 is 13.1. The van der Waals surface area contributed by atoms with Crippen LogP contribution in [0.25, 0.3) is 0 Å². The number of nitrogens with zero attached hydrogens (tertiary/aromatic N) is 2. The van der Waals surface area contributed by atoms with Gasteiger partial charge in [0.05, 0.1) is 5.56 Å². The van der Waals surface area contributed by atoms with Gasteiger partial charge in [-0.05, 0) is 68.0 Å². The van der Waals surface area contributed by atoms with Crippen molar-refractivity contribution in [3.8, 4) is 0 Å². The normalized spacial score (nSPS) is 19.3. The zero-order valence-corrected chi connectivity index (χ0v) is 15.2. The molecular formula is C20H21ClFN3O. The van der Waals surface area contributed by atoms with Gasteiger partial charge in [0.15, 0.2) is 0 Å². The standard InChI is InChI=1S/C20H21ClFN3O/c21-19-17(11-13-3-1-5-18(13)24-19)20(26)25-10-2-4-16(12-25)23-15-8-6-14(22)7-9-15/h6-9,11,16,23H,1-5,10,12H2/t16-/m1/s1. The highest BCUT2D eigenvalue weighted by atomic mass is 35.5. The van der Waals surface area contributed by atoms with Gasteiger partial charge in [0.1, 0.15) is 11.0 Å². The van der Waals surface area contributed by atoms with Crippen LogP contribution in [0.4, 0.5) is 10.1 Å². The van der Waals surface area contributed by atoms with E-state index in [1.54, 1.807) is 12.1 Å². The molecular weight excluding hydrogens is 353 g/mol. The first-order valence-electron chi connectivity index (χ1n) is 9.10. The molecule has 0 spiro atoms. The topological polar surface area (TPSA) is 45.2 Å². The minimum atomic E-state index is -0.255. The predicted octanol–water partition coefficient (Wildman–Crippen LogP) is 4.08. The third kappa shape index (κ3) is 3.54. The van der Waals surface area contributed by atoms with Gasteiger partial charge in [-0.3, -0.25) is 4.79 Å². The van der Waals surface area contributed by atoms with Crippen LogP contribution in [0.15, 0.2) is 30.3 Å². The van der Waals surface area contributed by atoms with Crippen LogP contribution in [-0.2, 0) is 12.8 Å². The molecule has 1 atom stereocenters. The number of likely N-dealkylation sites (tertiary alicyclic amines) is 1. The molecule has 1 N–H and O–H groups in total. The van der Waals surface area contributed by atoms with Crippen LogP contribution in [0.1, 0.15) is 40.9 Å². The molecule has 1 aromatic heterocycles. The number of hydrogen-bond donors (Lipinski definition) is 1. The number of carbonyl (C=O) groups excluding carboxylic acids is 1. The number of piperidine rings is 1. The molecule has 2 heterocycles. The van der Waals surface area contributed by atoms with Gasteiger partial charge in [0.25, 0.3) is 5.91 Å². The van der Waals surface area contributed by atoms with Crippen molar-refractivity contribution in [3.05, 3.63) is 58.1 Å². The summed E-state index contributed by atoms with van der Waals surface area (Å²) in [5, 5.41) is 3.70. The molecule has 1 aliphatic carbocycles. The molecule has 1 saturated heterocycles. The summed E-state index contributed by atoms with van der Waals surface area (Å²) in [7, 11) is 0. The first-order valence-corrected chi connectivity index (χ1v) is 9.47. The van der Waals surface area contributed by atoms with Gasteiger partial charge in [0.2, 0.25) is 0 Å². The highest BCUT2D eigenvalue weighted by Crippen LogP contribution is 2.27. The van der Waals surface area contributed by atoms with Crippen molar-refractivity contribution in [1.29, 1.82) is 0 Å². The van der Waals surface area contributed by atoms with Crippen molar-refractivity contribution >= 4 is 23.2 Å². The smallest absolute Gasteiger partial charge is 0.257 e. The lowest BCUT2D eigenvalue weighted by Crippen LogP contribution is -2.45. The summed E-state index contributed by atoms with van der Waals surface area (Å²) >= 11 is 6.29. The van der Waals surface area contributed by atoms with Gasteiger partial charge in [0, 0.05) is 30.5 Å². The number of benzene rings is 1. The molecule has 26 heavy (non-hydrogen) atoms. The molecule has 4 rings (SSSR count). The van der Waals surface area contributed by atoms with Crippen LogP contribution in [0.3, 0.4) is 0 Å². The monoisotopic (exact) mass is 373 g/mol. The Labute approximate surface area is 157 Å². The fourth-order valence-corrected chi connectivity index (χ4v) is 4.07. The minimum absolute atomic E-state index is 0.0530. The highest BCUT2D eigenvalue weighted by molar-refractivity contribution is 6.32. The Kier molecular flexibility index (Phi) is 4.81. The third-order valence-corrected chi connectivity index (χ3v) is 5.45. The van der Waals surface area contributed by atoms with E-state index < -0.39 is 0 Å². The lowest BCUT2D eigenvalue weighted by molar-refractivity contribution is 0.0714. The average Bonchev–Trinajstić information content (AvgIpc) is 3.10. The van der Waals surface area contributed by atoms with Crippen LogP contribution < -0.4 is 5.32 Å². The number of rotatable bonds is 3. The van der Waals surface area contributed by atoms with E-state index in [-0.39, 0.29) is 17.8 Å². The minimum Gasteiger partial charge on any atom is -0.381 e. The van der Waals surface area contributed by atoms with Crippen LogP contribution >= 0.6 is 11.6 Å². The van der Waals surface area contributed by atoms with Crippen molar-refractivity contribution in [1.82, 2.24) is 9.88 Å². The van der Waals surface area contributed by atoms with Gasteiger partial charge in [-0.2, -0.15) is 0 Å². The van der Waals surface area contributed by atoms with E-state index in [0.717, 1.165) is 49.0 Å². The van der Waals surface area contributed by atoms with Crippen LogP contribution in [0.5, 0.6) is 0 Å². The van der Waals surface area contributed by atoms with Gasteiger partial charge >= 0.3 is 0 Å². The number of fused-ring (bicyclic) bond motifs is 1. The summed E-state index contributed by atoms with van der Waals surface area (Å²) in [6.07, 6.45) is 4.87. The maximum Gasteiger partial charge on any atom is 0.257 e. The van der Waals surface area contributed by atoms with Crippen molar-refractivity contribution in [2.75, 3.05) is 18.4 Å². The van der Waals surface area contributed by atoms with Crippen molar-refractivity contribution in [2.24, 2.45) is 0 Å². The molecule has 2 aromatic rings. The quantitative estimate of drug-likeness (QED) is 0.824. The van der Waals surface area contributed by atoms with Crippen LogP contribution in [0, 0.1) is 5.82 Å². The molecule has 0 radical (unpaired) electrons. The zero-order chi connectivity index (χ0) is 18.1. The molecule has 6 heteroatoms. The number of anilines is 1. The van der Waals surface area contributed by atoms with Crippen LogP contribution in [-0.4, -0.2) is 34.9 Å². The molecule has 0 bridgehead atoms. The van der Waals surface area contributed by atoms with E-state index in [1.807, 2.05) is 11.0 Å². The second-order valence-corrected chi connectivity index (χ2v) is 7.39. The number of pyridine rings is 1. The average molecular weight is 374 g/mol. The molecule has 0 saturated carbocycles. The summed E-state index contributed by atoms with van der Waals surface area (Å²) in [5.41, 5.74) is 3.55. The number of hydrogen-bond acceptors (Lipinski definition) is 3. The fourth-order valence-electron chi connectivity index (χ4n) is 3.83. The van der Waals surface area contributed by atoms with E-state index in [1.165, 1.54) is 12.1 Å². The molecule has 2 aliphatic rings. The number of amides is 1. The van der Waals surface area contributed by atoms with E-state index >= 15 is 0 Å². The van der Waals surface area contributed by atoms with Gasteiger partial charge in [-0.15, -0.1) is 0 Å². The van der Waals surface area contributed by atoms with E-state index in [4.69, 9.17) is 11.6 Å².